The number of morpholine rings is 1. The molecule has 1 saturated heterocycles. The van der Waals surface area contributed by atoms with Gasteiger partial charge in [0.25, 0.3) is 0 Å². The van der Waals surface area contributed by atoms with E-state index in [9.17, 15) is 17.6 Å². The second kappa shape index (κ2) is 12.2. The molecule has 1 fully saturated rings. The Kier molecular flexibility index (Phi) is 10.0. The summed E-state index contributed by atoms with van der Waals surface area (Å²) < 4.78 is 58.5. The molecule has 10 heteroatoms. The van der Waals surface area contributed by atoms with E-state index in [4.69, 9.17) is 4.74 Å². The molecule has 0 amide bonds. The highest BCUT2D eigenvalue weighted by Crippen LogP contribution is 2.29. The van der Waals surface area contributed by atoms with Crippen LogP contribution in [0.1, 0.15) is 23.6 Å². The molecule has 0 unspecified atom stereocenters. The SMILES string of the molecule is CCNC(=NCc1cccc(C(F)(F)F)c1)NCc1ccc(N2CCOCC2)c(F)c1.I. The third-order valence-corrected chi connectivity index (χ3v) is 4.84. The number of guanidine groups is 1. The normalized spacial score (nSPS) is 14.7. The van der Waals surface area contributed by atoms with E-state index in [0.717, 1.165) is 17.7 Å². The fourth-order valence-electron chi connectivity index (χ4n) is 3.26. The third kappa shape index (κ3) is 7.51. The number of hydrogen-bond acceptors (Lipinski definition) is 3. The molecule has 1 aliphatic heterocycles. The van der Waals surface area contributed by atoms with E-state index in [1.165, 1.54) is 12.1 Å². The van der Waals surface area contributed by atoms with Gasteiger partial charge in [-0.2, -0.15) is 13.2 Å². The first-order chi connectivity index (χ1) is 14.9. The van der Waals surface area contributed by atoms with Gasteiger partial charge in [-0.05, 0) is 42.3 Å². The Hall–Kier alpha value is -2.08. The molecule has 3 rings (SSSR count). The minimum Gasteiger partial charge on any atom is -0.378 e. The minimum atomic E-state index is -4.39. The minimum absolute atomic E-state index is 0. The molecule has 2 aromatic rings. The van der Waals surface area contributed by atoms with Crippen molar-refractivity contribution in [2.24, 2.45) is 4.99 Å². The molecule has 0 bridgehead atoms. The summed E-state index contributed by atoms with van der Waals surface area (Å²) in [5.41, 5.74) is 1.04. The molecule has 2 aromatic carbocycles. The van der Waals surface area contributed by atoms with Crippen LogP contribution in [-0.2, 0) is 24.0 Å². The van der Waals surface area contributed by atoms with Crippen LogP contribution in [0.2, 0.25) is 0 Å². The molecule has 0 aromatic heterocycles. The first-order valence-electron chi connectivity index (χ1n) is 10.2. The van der Waals surface area contributed by atoms with E-state index in [1.54, 1.807) is 12.1 Å². The van der Waals surface area contributed by atoms with Crippen molar-refractivity contribution in [3.05, 3.63) is 65.0 Å². The number of halogens is 5. The maximum absolute atomic E-state index is 14.6. The maximum atomic E-state index is 14.6. The van der Waals surface area contributed by atoms with Crippen LogP contribution in [-0.4, -0.2) is 38.8 Å². The number of aliphatic imine (C=N–C) groups is 1. The van der Waals surface area contributed by atoms with Gasteiger partial charge in [0.15, 0.2) is 5.96 Å². The summed E-state index contributed by atoms with van der Waals surface area (Å²) in [5.74, 6) is 0.143. The van der Waals surface area contributed by atoms with Gasteiger partial charge in [0.05, 0.1) is 31.0 Å². The fraction of sp³-hybridized carbons (Fsp3) is 0.409. The summed E-state index contributed by atoms with van der Waals surface area (Å²) in [6, 6.07) is 10.2. The van der Waals surface area contributed by atoms with Gasteiger partial charge in [-0.1, -0.05) is 18.2 Å². The zero-order chi connectivity index (χ0) is 22.3. The number of nitrogens with zero attached hydrogens (tertiary/aromatic N) is 2. The lowest BCUT2D eigenvalue weighted by molar-refractivity contribution is -0.137. The summed E-state index contributed by atoms with van der Waals surface area (Å²) >= 11 is 0. The van der Waals surface area contributed by atoms with E-state index >= 15 is 0 Å². The van der Waals surface area contributed by atoms with Crippen LogP contribution in [0.3, 0.4) is 0 Å². The predicted octanol–water partition coefficient (Wildman–Crippen LogP) is 4.55. The third-order valence-electron chi connectivity index (χ3n) is 4.84. The van der Waals surface area contributed by atoms with Crippen LogP contribution in [0.25, 0.3) is 0 Å². The quantitative estimate of drug-likeness (QED) is 0.233. The van der Waals surface area contributed by atoms with E-state index in [1.807, 2.05) is 17.9 Å². The van der Waals surface area contributed by atoms with Gasteiger partial charge in [-0.15, -0.1) is 24.0 Å². The zero-order valence-electron chi connectivity index (χ0n) is 17.7. The second-order valence-electron chi connectivity index (χ2n) is 7.13. The van der Waals surface area contributed by atoms with Crippen molar-refractivity contribution in [1.82, 2.24) is 10.6 Å². The van der Waals surface area contributed by atoms with Gasteiger partial charge in [0.1, 0.15) is 5.82 Å². The molecule has 32 heavy (non-hydrogen) atoms. The highest BCUT2D eigenvalue weighted by Gasteiger charge is 2.30. The molecule has 2 N–H and O–H groups in total. The monoisotopic (exact) mass is 566 g/mol. The smallest absolute Gasteiger partial charge is 0.378 e. The number of ether oxygens (including phenoxy) is 1. The lowest BCUT2D eigenvalue weighted by Crippen LogP contribution is -2.37. The van der Waals surface area contributed by atoms with E-state index in [0.29, 0.717) is 56.6 Å². The highest BCUT2D eigenvalue weighted by molar-refractivity contribution is 14.0. The Bertz CT molecular complexity index is 902. The standard InChI is InChI=1S/C22H26F4N4O.HI/c1-2-27-21(28-14-16-4-3-5-18(12-16)22(24,25)26)29-15-17-6-7-20(19(23)13-17)30-8-10-31-11-9-30;/h3-7,12-13H,2,8-11,14-15H2,1H3,(H2,27,28,29);1H. The Morgan fingerprint density at radius 2 is 1.81 bits per heavy atom. The predicted molar refractivity (Wildman–Crippen MR) is 128 cm³/mol. The van der Waals surface area contributed by atoms with Gasteiger partial charge in [-0.25, -0.2) is 9.38 Å². The number of rotatable bonds is 6. The van der Waals surface area contributed by atoms with Crippen LogP contribution in [0.5, 0.6) is 0 Å². The maximum Gasteiger partial charge on any atom is 0.416 e. The Balaban J connectivity index is 0.00000363. The molecular weight excluding hydrogens is 539 g/mol. The summed E-state index contributed by atoms with van der Waals surface area (Å²) in [5, 5.41) is 6.14. The van der Waals surface area contributed by atoms with Crippen molar-refractivity contribution in [2.45, 2.75) is 26.2 Å². The van der Waals surface area contributed by atoms with Crippen molar-refractivity contribution in [3.8, 4) is 0 Å². The first kappa shape index (κ1) is 26.2. The lowest BCUT2D eigenvalue weighted by atomic mass is 10.1. The number of anilines is 1. The van der Waals surface area contributed by atoms with Gasteiger partial charge in [0.2, 0.25) is 0 Å². The molecule has 1 heterocycles. The number of benzene rings is 2. The number of hydrogen-bond donors (Lipinski definition) is 2. The van der Waals surface area contributed by atoms with Crippen LogP contribution < -0.4 is 15.5 Å². The van der Waals surface area contributed by atoms with Crippen LogP contribution in [0.4, 0.5) is 23.2 Å². The van der Waals surface area contributed by atoms with Crippen LogP contribution in [0, 0.1) is 5.82 Å². The lowest BCUT2D eigenvalue weighted by Gasteiger charge is -2.29. The summed E-state index contributed by atoms with van der Waals surface area (Å²) in [6.07, 6.45) is -4.39. The fourth-order valence-corrected chi connectivity index (χ4v) is 3.26. The summed E-state index contributed by atoms with van der Waals surface area (Å²) in [6.45, 7) is 5.35. The van der Waals surface area contributed by atoms with Crippen molar-refractivity contribution in [2.75, 3.05) is 37.7 Å². The van der Waals surface area contributed by atoms with Crippen molar-refractivity contribution in [1.29, 1.82) is 0 Å². The van der Waals surface area contributed by atoms with Gasteiger partial charge < -0.3 is 20.3 Å². The summed E-state index contributed by atoms with van der Waals surface area (Å²) in [4.78, 5) is 6.30. The number of alkyl halides is 3. The van der Waals surface area contributed by atoms with E-state index in [2.05, 4.69) is 15.6 Å². The van der Waals surface area contributed by atoms with Crippen molar-refractivity contribution in [3.63, 3.8) is 0 Å². The largest absolute Gasteiger partial charge is 0.416 e. The molecule has 0 spiro atoms. The Labute approximate surface area is 202 Å². The molecule has 5 nitrogen and oxygen atoms in total. The molecule has 176 valence electrons. The van der Waals surface area contributed by atoms with Crippen LogP contribution >= 0.6 is 24.0 Å². The average molecular weight is 566 g/mol. The molecule has 1 aliphatic rings. The molecule has 0 radical (unpaired) electrons. The Morgan fingerprint density at radius 3 is 2.47 bits per heavy atom. The first-order valence-corrected chi connectivity index (χ1v) is 10.2. The van der Waals surface area contributed by atoms with E-state index in [-0.39, 0.29) is 36.3 Å². The number of nitrogens with one attached hydrogen (secondary N) is 2. The van der Waals surface area contributed by atoms with Crippen molar-refractivity contribution >= 4 is 35.6 Å². The molecule has 0 aliphatic carbocycles. The zero-order valence-corrected chi connectivity index (χ0v) is 20.0. The molecule has 0 saturated carbocycles. The average Bonchev–Trinajstić information content (AvgIpc) is 2.76. The highest BCUT2D eigenvalue weighted by atomic mass is 127. The van der Waals surface area contributed by atoms with Crippen molar-refractivity contribution < 1.29 is 22.3 Å². The van der Waals surface area contributed by atoms with Gasteiger partial charge >= 0.3 is 6.18 Å². The van der Waals surface area contributed by atoms with Gasteiger partial charge in [0, 0.05) is 26.2 Å². The van der Waals surface area contributed by atoms with E-state index < -0.39 is 11.7 Å². The molecular formula is C22H27F4IN4O. The second-order valence-corrected chi connectivity index (χ2v) is 7.13. The molecule has 0 atom stereocenters. The van der Waals surface area contributed by atoms with Gasteiger partial charge in [-0.3, -0.25) is 0 Å². The Morgan fingerprint density at radius 1 is 1.06 bits per heavy atom. The topological polar surface area (TPSA) is 48.9 Å². The van der Waals surface area contributed by atoms with Crippen LogP contribution in [0.15, 0.2) is 47.5 Å². The summed E-state index contributed by atoms with van der Waals surface area (Å²) in [7, 11) is 0.